The van der Waals surface area contributed by atoms with Crippen LogP contribution < -0.4 is 4.18 Å². The summed E-state index contributed by atoms with van der Waals surface area (Å²) in [5.74, 6) is -0.644. The number of halogens is 6. The minimum Gasteiger partial charge on any atom is -0.376 e. The first-order valence-corrected chi connectivity index (χ1v) is 6.96. The van der Waals surface area contributed by atoms with Gasteiger partial charge in [0.1, 0.15) is 12.3 Å². The van der Waals surface area contributed by atoms with Crippen LogP contribution in [-0.2, 0) is 16.7 Å². The predicted molar refractivity (Wildman–Crippen MR) is 63.6 cm³/mol. The van der Waals surface area contributed by atoms with Crippen molar-refractivity contribution in [2.45, 2.75) is 18.2 Å². The van der Waals surface area contributed by atoms with E-state index in [0.29, 0.717) is 0 Å². The first-order chi connectivity index (χ1) is 9.89. The van der Waals surface area contributed by atoms with Gasteiger partial charge in [0.05, 0.1) is 0 Å². The van der Waals surface area contributed by atoms with Gasteiger partial charge in [0.2, 0.25) is 0 Å². The Morgan fingerprint density at radius 3 is 2.23 bits per heavy atom. The summed E-state index contributed by atoms with van der Waals surface area (Å²) in [5.41, 5.74) is -5.52. The molecule has 1 aromatic heterocycles. The van der Waals surface area contributed by atoms with Gasteiger partial charge >= 0.3 is 21.8 Å². The monoisotopic (exact) mass is 347 g/mol. The molecule has 0 saturated carbocycles. The molecule has 0 atom stereocenters. The molecule has 0 unspecified atom stereocenters. The third-order valence-electron chi connectivity index (χ3n) is 2.58. The van der Waals surface area contributed by atoms with Gasteiger partial charge in [-0.25, -0.2) is 0 Å². The fourth-order valence-electron chi connectivity index (χ4n) is 1.74. The van der Waals surface area contributed by atoms with Crippen molar-refractivity contribution >= 4 is 21.0 Å². The molecule has 0 aliphatic rings. The molecule has 0 amide bonds. The van der Waals surface area contributed by atoms with E-state index in [0.717, 1.165) is 29.0 Å². The van der Waals surface area contributed by atoms with Crippen LogP contribution in [0, 0.1) is 0 Å². The Kier molecular flexibility index (Phi) is 3.80. The average Bonchev–Trinajstić information content (AvgIpc) is 2.67. The molecule has 0 N–H and O–H groups in total. The minimum atomic E-state index is -5.83. The van der Waals surface area contributed by atoms with E-state index in [1.165, 1.54) is 6.07 Å². The van der Waals surface area contributed by atoms with Crippen molar-refractivity contribution in [3.8, 4) is 5.75 Å². The zero-order valence-electron chi connectivity index (χ0n) is 10.4. The molecular weight excluding hydrogens is 340 g/mol. The van der Waals surface area contributed by atoms with Gasteiger partial charge in [0.25, 0.3) is 0 Å². The number of hydrogen-bond acceptors (Lipinski definition) is 3. The van der Waals surface area contributed by atoms with Gasteiger partial charge in [0, 0.05) is 17.1 Å². The Labute approximate surface area is 120 Å². The smallest absolute Gasteiger partial charge is 0.376 e. The van der Waals surface area contributed by atoms with Gasteiger partial charge in [0.15, 0.2) is 0 Å². The van der Waals surface area contributed by atoms with E-state index in [2.05, 4.69) is 4.18 Å². The van der Waals surface area contributed by atoms with Crippen molar-refractivity contribution in [2.75, 3.05) is 0 Å². The molecule has 122 valence electrons. The summed E-state index contributed by atoms with van der Waals surface area (Å²) >= 11 is 0. The molecule has 2 rings (SSSR count). The molecule has 1 aromatic carbocycles. The van der Waals surface area contributed by atoms with E-state index in [1.807, 2.05) is 0 Å². The van der Waals surface area contributed by atoms with Crippen LogP contribution in [0.4, 0.5) is 26.3 Å². The fraction of sp³-hybridized carbons (Fsp3) is 0.273. The summed E-state index contributed by atoms with van der Waals surface area (Å²) in [6, 6.07) is 4.00. The highest BCUT2D eigenvalue weighted by Crippen LogP contribution is 2.30. The van der Waals surface area contributed by atoms with E-state index >= 15 is 0 Å². The minimum absolute atomic E-state index is 0.0779. The van der Waals surface area contributed by atoms with Gasteiger partial charge < -0.3 is 8.75 Å². The number of aromatic nitrogens is 1. The summed E-state index contributed by atoms with van der Waals surface area (Å²) in [7, 11) is -5.83. The summed E-state index contributed by atoms with van der Waals surface area (Å²) in [4.78, 5) is 0. The highest BCUT2D eigenvalue weighted by atomic mass is 32.2. The van der Waals surface area contributed by atoms with Gasteiger partial charge in [-0.1, -0.05) is 0 Å². The maximum atomic E-state index is 12.3. The fourth-order valence-corrected chi connectivity index (χ4v) is 2.19. The van der Waals surface area contributed by atoms with Gasteiger partial charge in [-0.05, 0) is 24.3 Å². The van der Waals surface area contributed by atoms with E-state index in [4.69, 9.17) is 0 Å². The van der Waals surface area contributed by atoms with Gasteiger partial charge in [-0.2, -0.15) is 34.8 Å². The Morgan fingerprint density at radius 1 is 1.05 bits per heavy atom. The van der Waals surface area contributed by atoms with Crippen LogP contribution in [0.3, 0.4) is 0 Å². The molecule has 0 saturated heterocycles. The summed E-state index contributed by atoms with van der Waals surface area (Å²) in [6.45, 7) is -1.28. The second kappa shape index (κ2) is 5.07. The number of hydrogen-bond donors (Lipinski definition) is 0. The van der Waals surface area contributed by atoms with Crippen LogP contribution in [0.15, 0.2) is 30.5 Å². The molecule has 0 spiro atoms. The molecule has 22 heavy (non-hydrogen) atoms. The molecule has 0 radical (unpaired) electrons. The number of benzene rings is 1. The number of nitrogens with zero attached hydrogens (tertiary/aromatic N) is 1. The maximum absolute atomic E-state index is 12.3. The van der Waals surface area contributed by atoms with Crippen molar-refractivity contribution in [1.29, 1.82) is 0 Å². The number of fused-ring (bicyclic) bond motifs is 1. The van der Waals surface area contributed by atoms with Crippen molar-refractivity contribution in [3.05, 3.63) is 30.5 Å². The summed E-state index contributed by atoms with van der Waals surface area (Å²) < 4.78 is 100.0. The van der Waals surface area contributed by atoms with Crippen LogP contribution in [0.2, 0.25) is 0 Å². The zero-order valence-corrected chi connectivity index (χ0v) is 11.3. The lowest BCUT2D eigenvalue weighted by Crippen LogP contribution is -2.28. The Balaban J connectivity index is 2.34. The molecule has 0 aliphatic heterocycles. The Hall–Kier alpha value is -1.91. The molecule has 2 aromatic rings. The lowest BCUT2D eigenvalue weighted by Gasteiger charge is -2.11. The molecular formula is C11H7F6NO3S. The van der Waals surface area contributed by atoms with Gasteiger partial charge in [-0.3, -0.25) is 0 Å². The van der Waals surface area contributed by atoms with E-state index in [-0.39, 0.29) is 10.9 Å². The van der Waals surface area contributed by atoms with Crippen molar-refractivity contribution in [2.24, 2.45) is 0 Å². The van der Waals surface area contributed by atoms with Crippen LogP contribution in [0.1, 0.15) is 0 Å². The predicted octanol–water partition coefficient (Wildman–Crippen LogP) is 3.43. The standard InChI is InChI=1S/C11H7F6NO3S/c12-10(13,14)6-18-4-3-7-5-8(1-2-9(7)18)21-22(19,20)11(15,16)17/h1-5H,6H2. The molecule has 0 aliphatic carbocycles. The van der Waals surface area contributed by atoms with E-state index in [9.17, 15) is 34.8 Å². The third-order valence-corrected chi connectivity index (χ3v) is 3.56. The SMILES string of the molecule is O=S(=O)(Oc1ccc2c(ccn2CC(F)(F)F)c1)C(F)(F)F. The third kappa shape index (κ3) is 3.46. The second-order valence-electron chi connectivity index (χ2n) is 4.26. The van der Waals surface area contributed by atoms with Crippen LogP contribution >= 0.6 is 0 Å². The quantitative estimate of drug-likeness (QED) is 0.486. The van der Waals surface area contributed by atoms with Crippen LogP contribution in [0.5, 0.6) is 5.75 Å². The molecule has 1 heterocycles. The van der Waals surface area contributed by atoms with Crippen molar-refractivity contribution < 1.29 is 38.9 Å². The normalized spacial score (nSPS) is 13.5. The average molecular weight is 347 g/mol. The molecule has 0 bridgehead atoms. The highest BCUT2D eigenvalue weighted by molar-refractivity contribution is 7.88. The van der Waals surface area contributed by atoms with Crippen LogP contribution in [-0.4, -0.2) is 24.7 Å². The first kappa shape index (κ1) is 16.5. The van der Waals surface area contributed by atoms with Gasteiger partial charge in [-0.15, -0.1) is 0 Å². The van der Waals surface area contributed by atoms with E-state index < -0.39 is 34.1 Å². The highest BCUT2D eigenvalue weighted by Gasteiger charge is 2.48. The summed E-state index contributed by atoms with van der Waals surface area (Å²) in [6.07, 6.45) is -3.39. The van der Waals surface area contributed by atoms with E-state index in [1.54, 1.807) is 0 Å². The second-order valence-corrected chi connectivity index (χ2v) is 5.80. The zero-order chi connectivity index (χ0) is 16.8. The first-order valence-electron chi connectivity index (χ1n) is 5.55. The summed E-state index contributed by atoms with van der Waals surface area (Å²) in [5, 5.41) is 0.110. The lowest BCUT2D eigenvalue weighted by atomic mass is 10.2. The molecule has 0 fully saturated rings. The number of alkyl halides is 6. The Bertz CT molecular complexity index is 790. The lowest BCUT2D eigenvalue weighted by molar-refractivity contribution is -0.139. The van der Waals surface area contributed by atoms with Crippen molar-refractivity contribution in [1.82, 2.24) is 4.57 Å². The molecule has 4 nitrogen and oxygen atoms in total. The Morgan fingerprint density at radius 2 is 1.68 bits per heavy atom. The maximum Gasteiger partial charge on any atom is 0.534 e. The number of rotatable bonds is 3. The molecule has 11 heteroatoms. The van der Waals surface area contributed by atoms with Crippen molar-refractivity contribution in [3.63, 3.8) is 0 Å². The van der Waals surface area contributed by atoms with Crippen LogP contribution in [0.25, 0.3) is 10.9 Å². The largest absolute Gasteiger partial charge is 0.534 e. The topological polar surface area (TPSA) is 48.3 Å².